The van der Waals surface area contributed by atoms with Gasteiger partial charge in [0, 0.05) is 42.0 Å². The predicted molar refractivity (Wildman–Crippen MR) is 129 cm³/mol. The number of hydrogen-bond donors (Lipinski definition) is 4. The zero-order valence-electron chi connectivity index (χ0n) is 20.7. The summed E-state index contributed by atoms with van der Waals surface area (Å²) in [5, 5.41) is 32.6. The Morgan fingerprint density at radius 2 is 1.89 bits per heavy atom. The molecule has 10 nitrogen and oxygen atoms in total. The molecule has 3 aliphatic rings. The molecule has 0 saturated carbocycles. The second-order valence-electron chi connectivity index (χ2n) is 10.0. The van der Waals surface area contributed by atoms with Crippen LogP contribution in [0.5, 0.6) is 11.5 Å². The molecular weight excluding hydrogens is 482 g/mol. The van der Waals surface area contributed by atoms with E-state index in [1.807, 2.05) is 0 Å². The SMILES string of the molecule is COc1cccc2c1C(=O)c1cc3c(c(O)c1C2=O)C[C@@](O)(C(C)=O)C[C@H]3O[C@@H]1C[C@H](N)[C@H](O)[C@H](C)O1. The first-order valence-corrected chi connectivity index (χ1v) is 12.1. The fourth-order valence-corrected chi connectivity index (χ4v) is 5.53. The van der Waals surface area contributed by atoms with Crippen molar-refractivity contribution in [1.82, 2.24) is 0 Å². The topological polar surface area (TPSA) is 166 Å². The fraction of sp³-hybridized carbons (Fsp3) is 0.444. The molecule has 0 radical (unpaired) electrons. The van der Waals surface area contributed by atoms with E-state index in [0.717, 1.165) is 0 Å². The number of ketones is 3. The summed E-state index contributed by atoms with van der Waals surface area (Å²) in [6, 6.07) is 5.49. The molecule has 6 atom stereocenters. The predicted octanol–water partition coefficient (Wildman–Crippen LogP) is 1.32. The Bertz CT molecular complexity index is 1310. The third kappa shape index (κ3) is 3.96. The summed E-state index contributed by atoms with van der Waals surface area (Å²) in [5.74, 6) is -1.85. The zero-order valence-corrected chi connectivity index (χ0v) is 20.7. The maximum Gasteiger partial charge on any atom is 0.198 e. The van der Waals surface area contributed by atoms with E-state index in [2.05, 4.69) is 0 Å². The van der Waals surface area contributed by atoms with Crippen LogP contribution in [0.3, 0.4) is 0 Å². The Labute approximate surface area is 212 Å². The van der Waals surface area contributed by atoms with Gasteiger partial charge in [-0.25, -0.2) is 0 Å². The van der Waals surface area contributed by atoms with Crippen LogP contribution >= 0.6 is 0 Å². The maximum atomic E-state index is 13.6. The number of phenolic OH excluding ortho intramolecular Hbond substituents is 1. The third-order valence-corrected chi connectivity index (χ3v) is 7.69. The first-order chi connectivity index (χ1) is 17.5. The van der Waals surface area contributed by atoms with Gasteiger partial charge in [-0.05, 0) is 31.5 Å². The molecular formula is C27H29NO9. The third-order valence-electron chi connectivity index (χ3n) is 7.69. The molecule has 1 saturated heterocycles. The highest BCUT2D eigenvalue weighted by molar-refractivity contribution is 6.30. The lowest BCUT2D eigenvalue weighted by atomic mass is 9.72. The van der Waals surface area contributed by atoms with Crippen molar-refractivity contribution in [3.05, 3.63) is 57.6 Å². The smallest absolute Gasteiger partial charge is 0.198 e. The number of nitrogens with two attached hydrogens (primary N) is 1. The van der Waals surface area contributed by atoms with E-state index in [0.29, 0.717) is 5.56 Å². The number of carbonyl (C=O) groups is 3. The number of aliphatic hydroxyl groups excluding tert-OH is 1. The summed E-state index contributed by atoms with van der Waals surface area (Å²) in [6.07, 6.45) is -3.64. The molecule has 10 heteroatoms. The van der Waals surface area contributed by atoms with Crippen molar-refractivity contribution in [3.63, 3.8) is 0 Å². The summed E-state index contributed by atoms with van der Waals surface area (Å²) < 4.78 is 17.2. The molecule has 2 aliphatic carbocycles. The van der Waals surface area contributed by atoms with Gasteiger partial charge in [0.05, 0.1) is 36.5 Å². The number of ether oxygens (including phenoxy) is 3. The van der Waals surface area contributed by atoms with Gasteiger partial charge in [0.15, 0.2) is 23.6 Å². The lowest BCUT2D eigenvalue weighted by molar-refractivity contribution is -0.247. The fourth-order valence-electron chi connectivity index (χ4n) is 5.53. The molecule has 37 heavy (non-hydrogen) atoms. The number of Topliss-reactive ketones (excluding diaryl/α,β-unsaturated/α-hetero) is 1. The largest absolute Gasteiger partial charge is 0.507 e. The van der Waals surface area contributed by atoms with Crippen molar-refractivity contribution < 1.29 is 43.9 Å². The second kappa shape index (κ2) is 9.00. The first-order valence-electron chi connectivity index (χ1n) is 12.1. The molecule has 2 aromatic carbocycles. The van der Waals surface area contributed by atoms with E-state index in [-0.39, 0.29) is 52.8 Å². The van der Waals surface area contributed by atoms with E-state index in [9.17, 15) is 29.7 Å². The quantitative estimate of drug-likeness (QED) is 0.401. The first kappa shape index (κ1) is 25.5. The highest BCUT2D eigenvalue weighted by atomic mass is 16.7. The number of hydrogen-bond acceptors (Lipinski definition) is 10. The Morgan fingerprint density at radius 3 is 2.54 bits per heavy atom. The molecule has 0 spiro atoms. The molecule has 0 amide bonds. The van der Waals surface area contributed by atoms with Gasteiger partial charge in [0.2, 0.25) is 0 Å². The molecule has 0 unspecified atom stereocenters. The number of phenols is 1. The molecule has 5 rings (SSSR count). The Hall–Kier alpha value is -3.15. The van der Waals surface area contributed by atoms with E-state index in [1.165, 1.54) is 26.2 Å². The van der Waals surface area contributed by atoms with Crippen LogP contribution in [-0.4, -0.2) is 69.9 Å². The van der Waals surface area contributed by atoms with E-state index >= 15 is 0 Å². The lowest BCUT2D eigenvalue weighted by Crippen LogP contribution is -2.52. The summed E-state index contributed by atoms with van der Waals surface area (Å²) >= 11 is 0. The molecule has 196 valence electrons. The molecule has 0 bridgehead atoms. The highest BCUT2D eigenvalue weighted by Crippen LogP contribution is 2.48. The van der Waals surface area contributed by atoms with Gasteiger partial charge in [-0.1, -0.05) is 12.1 Å². The molecule has 5 N–H and O–H groups in total. The monoisotopic (exact) mass is 511 g/mol. The standard InChI is InChI=1S/C27H29NO9/c1-11-23(30)17(28)8-20(36-11)37-19-10-27(34,12(2)29)9-16-14(19)7-15-22(26(16)33)24(31)13-5-4-6-18(35-3)21(13)25(15)32/h4-7,11,17,19-20,23,30,33-34H,8-10,28H2,1-3H3/t11-,17-,19+,20+,23+,27-/m0/s1. The lowest BCUT2D eigenvalue weighted by Gasteiger charge is -2.41. The summed E-state index contributed by atoms with van der Waals surface area (Å²) in [5.41, 5.74) is 4.63. The second-order valence-corrected chi connectivity index (χ2v) is 10.0. The van der Waals surface area contributed by atoms with Crippen LogP contribution < -0.4 is 10.5 Å². The molecule has 1 heterocycles. The minimum Gasteiger partial charge on any atom is -0.507 e. The average molecular weight is 512 g/mol. The average Bonchev–Trinajstić information content (AvgIpc) is 2.85. The molecule has 1 aliphatic heterocycles. The number of benzene rings is 2. The van der Waals surface area contributed by atoms with Crippen LogP contribution in [0.4, 0.5) is 0 Å². The Morgan fingerprint density at radius 1 is 1.19 bits per heavy atom. The minimum atomic E-state index is -1.88. The van der Waals surface area contributed by atoms with Crippen molar-refractivity contribution in [2.45, 2.75) is 69.4 Å². The van der Waals surface area contributed by atoms with Crippen molar-refractivity contribution in [3.8, 4) is 11.5 Å². The van der Waals surface area contributed by atoms with E-state index in [1.54, 1.807) is 19.1 Å². The van der Waals surface area contributed by atoms with E-state index in [4.69, 9.17) is 19.9 Å². The van der Waals surface area contributed by atoms with Gasteiger partial charge < -0.3 is 35.3 Å². The minimum absolute atomic E-state index is 0.0230. The number of methoxy groups -OCH3 is 1. The van der Waals surface area contributed by atoms with Crippen LogP contribution in [-0.2, 0) is 20.7 Å². The van der Waals surface area contributed by atoms with Crippen LogP contribution in [0.2, 0.25) is 0 Å². The van der Waals surface area contributed by atoms with Crippen LogP contribution in [0.1, 0.15) is 75.8 Å². The Balaban J connectivity index is 1.63. The summed E-state index contributed by atoms with van der Waals surface area (Å²) in [4.78, 5) is 39.5. The maximum absolute atomic E-state index is 13.6. The summed E-state index contributed by atoms with van der Waals surface area (Å²) in [6.45, 7) is 2.89. The van der Waals surface area contributed by atoms with Gasteiger partial charge in [-0.2, -0.15) is 0 Å². The van der Waals surface area contributed by atoms with Crippen LogP contribution in [0.15, 0.2) is 24.3 Å². The normalized spacial score (nSPS) is 30.8. The zero-order chi connectivity index (χ0) is 26.8. The van der Waals surface area contributed by atoms with Crippen molar-refractivity contribution in [1.29, 1.82) is 0 Å². The number of aliphatic hydroxyl groups is 2. The summed E-state index contributed by atoms with van der Waals surface area (Å²) in [7, 11) is 1.40. The van der Waals surface area contributed by atoms with Crippen molar-refractivity contribution >= 4 is 17.3 Å². The Kier molecular flexibility index (Phi) is 6.20. The molecule has 2 aromatic rings. The molecule has 1 fully saturated rings. The van der Waals surface area contributed by atoms with Crippen molar-refractivity contribution in [2.24, 2.45) is 5.73 Å². The van der Waals surface area contributed by atoms with Gasteiger partial charge in [-0.15, -0.1) is 0 Å². The van der Waals surface area contributed by atoms with Crippen LogP contribution in [0.25, 0.3) is 0 Å². The van der Waals surface area contributed by atoms with Crippen molar-refractivity contribution in [2.75, 3.05) is 7.11 Å². The number of aromatic hydroxyl groups is 1. The number of fused-ring (bicyclic) bond motifs is 3. The van der Waals surface area contributed by atoms with Gasteiger partial charge in [0.1, 0.15) is 17.1 Å². The number of rotatable bonds is 4. The highest BCUT2D eigenvalue weighted by Gasteiger charge is 2.47. The number of carbonyl (C=O) groups excluding carboxylic acids is 3. The van der Waals surface area contributed by atoms with E-state index < -0.39 is 59.3 Å². The van der Waals surface area contributed by atoms with Gasteiger partial charge >= 0.3 is 0 Å². The molecule has 0 aromatic heterocycles. The van der Waals surface area contributed by atoms with Gasteiger partial charge in [0.25, 0.3) is 0 Å². The van der Waals surface area contributed by atoms with Gasteiger partial charge in [-0.3, -0.25) is 14.4 Å². The van der Waals surface area contributed by atoms with Crippen LogP contribution in [0, 0.1) is 0 Å².